The van der Waals surface area contributed by atoms with E-state index in [0.717, 1.165) is 32.2 Å². The molecule has 0 saturated carbocycles. The highest BCUT2D eigenvalue weighted by molar-refractivity contribution is 5.50. The number of hydrogen-bond donors (Lipinski definition) is 1. The lowest BCUT2D eigenvalue weighted by Crippen LogP contribution is -2.38. The van der Waals surface area contributed by atoms with E-state index in [1.165, 1.54) is 6.20 Å². The SMILES string of the molecule is N#Cc1nccnc1N1CCCCCC1CO. The van der Waals surface area contributed by atoms with Gasteiger partial charge in [-0.25, -0.2) is 9.97 Å². The summed E-state index contributed by atoms with van der Waals surface area (Å²) >= 11 is 0. The molecule has 0 aromatic carbocycles. The van der Waals surface area contributed by atoms with Crippen molar-refractivity contribution in [3.05, 3.63) is 18.1 Å². The first-order valence-electron chi connectivity index (χ1n) is 5.95. The molecule has 1 aromatic heterocycles. The van der Waals surface area contributed by atoms with E-state index in [2.05, 4.69) is 16.0 Å². The third-order valence-electron chi connectivity index (χ3n) is 3.14. The molecule has 5 nitrogen and oxygen atoms in total. The molecule has 1 N–H and O–H groups in total. The standard InChI is InChI=1S/C12H16N4O/c13-8-11-12(15-6-5-14-11)16-7-3-1-2-4-10(16)9-17/h5-6,10,17H,1-4,7,9H2. The molecule has 17 heavy (non-hydrogen) atoms. The topological polar surface area (TPSA) is 73.0 Å². The van der Waals surface area contributed by atoms with Gasteiger partial charge in [-0.3, -0.25) is 0 Å². The van der Waals surface area contributed by atoms with Crippen LogP contribution in [-0.2, 0) is 0 Å². The Morgan fingerprint density at radius 1 is 1.35 bits per heavy atom. The predicted molar refractivity (Wildman–Crippen MR) is 63.4 cm³/mol. The van der Waals surface area contributed by atoms with Crippen molar-refractivity contribution in [1.29, 1.82) is 5.26 Å². The van der Waals surface area contributed by atoms with E-state index in [1.54, 1.807) is 6.20 Å². The van der Waals surface area contributed by atoms with Crippen molar-refractivity contribution in [3.63, 3.8) is 0 Å². The zero-order valence-electron chi connectivity index (χ0n) is 9.71. The minimum atomic E-state index is 0.0568. The Bertz CT molecular complexity index is 415. The summed E-state index contributed by atoms with van der Waals surface area (Å²) in [5.74, 6) is 0.607. The van der Waals surface area contributed by atoms with Crippen molar-refractivity contribution in [2.45, 2.75) is 31.7 Å². The Labute approximate surface area is 101 Å². The van der Waals surface area contributed by atoms with Gasteiger partial charge in [-0.15, -0.1) is 0 Å². The number of aromatic nitrogens is 2. The van der Waals surface area contributed by atoms with Gasteiger partial charge in [0.15, 0.2) is 11.5 Å². The van der Waals surface area contributed by atoms with Gasteiger partial charge in [0, 0.05) is 18.9 Å². The van der Waals surface area contributed by atoms with E-state index in [0.29, 0.717) is 11.5 Å². The number of rotatable bonds is 2. The maximum absolute atomic E-state index is 9.44. The predicted octanol–water partition coefficient (Wildman–Crippen LogP) is 1.09. The van der Waals surface area contributed by atoms with Gasteiger partial charge in [-0.05, 0) is 12.8 Å². The molecular formula is C12H16N4O. The lowest BCUT2D eigenvalue weighted by atomic mass is 10.1. The molecule has 0 radical (unpaired) electrons. The van der Waals surface area contributed by atoms with Crippen molar-refractivity contribution in [1.82, 2.24) is 9.97 Å². The number of anilines is 1. The Hall–Kier alpha value is -1.67. The molecule has 1 saturated heterocycles. The number of nitrogens with zero attached hydrogens (tertiary/aromatic N) is 4. The second-order valence-electron chi connectivity index (χ2n) is 4.22. The molecule has 1 aliphatic heterocycles. The highest BCUT2D eigenvalue weighted by Crippen LogP contribution is 2.23. The van der Waals surface area contributed by atoms with E-state index in [9.17, 15) is 5.11 Å². The first-order valence-corrected chi connectivity index (χ1v) is 5.95. The van der Waals surface area contributed by atoms with E-state index < -0.39 is 0 Å². The van der Waals surface area contributed by atoms with Gasteiger partial charge in [-0.1, -0.05) is 12.8 Å². The van der Waals surface area contributed by atoms with Crippen molar-refractivity contribution in [2.75, 3.05) is 18.1 Å². The number of nitriles is 1. The van der Waals surface area contributed by atoms with Crippen molar-refractivity contribution in [3.8, 4) is 6.07 Å². The molecule has 1 fully saturated rings. The van der Waals surface area contributed by atoms with Crippen LogP contribution in [0.1, 0.15) is 31.4 Å². The molecule has 2 rings (SSSR count). The summed E-state index contributed by atoms with van der Waals surface area (Å²) in [5, 5.41) is 18.5. The van der Waals surface area contributed by atoms with Gasteiger partial charge in [0.25, 0.3) is 0 Å². The molecule has 2 heterocycles. The van der Waals surface area contributed by atoms with Gasteiger partial charge in [-0.2, -0.15) is 5.26 Å². The molecule has 0 spiro atoms. The van der Waals surface area contributed by atoms with Crippen LogP contribution < -0.4 is 4.90 Å². The maximum Gasteiger partial charge on any atom is 0.183 e. The summed E-state index contributed by atoms with van der Waals surface area (Å²) in [6, 6.07) is 2.12. The molecular weight excluding hydrogens is 216 g/mol. The monoisotopic (exact) mass is 232 g/mol. The van der Waals surface area contributed by atoms with Crippen LogP contribution in [0.25, 0.3) is 0 Å². The number of aliphatic hydroxyl groups is 1. The van der Waals surface area contributed by atoms with Crippen LogP contribution in [0.5, 0.6) is 0 Å². The van der Waals surface area contributed by atoms with Gasteiger partial charge in [0.05, 0.1) is 12.6 Å². The average Bonchev–Trinajstić information content (AvgIpc) is 2.63. The van der Waals surface area contributed by atoms with Crippen LogP contribution in [0.15, 0.2) is 12.4 Å². The lowest BCUT2D eigenvalue weighted by molar-refractivity contribution is 0.254. The number of aliphatic hydroxyl groups excluding tert-OH is 1. The molecule has 1 atom stereocenters. The Kier molecular flexibility index (Phi) is 3.89. The smallest absolute Gasteiger partial charge is 0.183 e. The maximum atomic E-state index is 9.44. The highest BCUT2D eigenvalue weighted by atomic mass is 16.3. The Morgan fingerprint density at radius 3 is 2.94 bits per heavy atom. The molecule has 1 unspecified atom stereocenters. The normalized spacial score (nSPS) is 20.7. The van der Waals surface area contributed by atoms with Crippen LogP contribution in [0.2, 0.25) is 0 Å². The lowest BCUT2D eigenvalue weighted by Gasteiger charge is -2.29. The van der Waals surface area contributed by atoms with Crippen molar-refractivity contribution >= 4 is 5.82 Å². The first-order chi connectivity index (χ1) is 8.36. The van der Waals surface area contributed by atoms with Gasteiger partial charge >= 0.3 is 0 Å². The van der Waals surface area contributed by atoms with Crippen molar-refractivity contribution < 1.29 is 5.11 Å². The van der Waals surface area contributed by atoms with E-state index in [1.807, 2.05) is 4.90 Å². The summed E-state index contributed by atoms with van der Waals surface area (Å²) in [7, 11) is 0. The second kappa shape index (κ2) is 5.60. The third kappa shape index (κ3) is 2.53. The number of hydrogen-bond acceptors (Lipinski definition) is 5. The summed E-state index contributed by atoms with van der Waals surface area (Å²) in [6.45, 7) is 0.931. The zero-order valence-corrected chi connectivity index (χ0v) is 9.71. The summed E-state index contributed by atoms with van der Waals surface area (Å²) in [5.41, 5.74) is 0.341. The fourth-order valence-corrected chi connectivity index (χ4v) is 2.27. The quantitative estimate of drug-likeness (QED) is 0.826. The van der Waals surface area contributed by atoms with Crippen LogP contribution in [-0.4, -0.2) is 34.3 Å². The van der Waals surface area contributed by atoms with Crippen molar-refractivity contribution in [2.24, 2.45) is 0 Å². The molecule has 90 valence electrons. The summed E-state index contributed by atoms with van der Waals surface area (Å²) in [4.78, 5) is 10.3. The third-order valence-corrected chi connectivity index (χ3v) is 3.14. The minimum Gasteiger partial charge on any atom is -0.394 e. The molecule has 0 aliphatic carbocycles. The van der Waals surface area contributed by atoms with E-state index in [-0.39, 0.29) is 12.6 Å². The molecule has 0 bridgehead atoms. The second-order valence-corrected chi connectivity index (χ2v) is 4.22. The highest BCUT2D eigenvalue weighted by Gasteiger charge is 2.23. The largest absolute Gasteiger partial charge is 0.394 e. The van der Waals surface area contributed by atoms with Crippen LogP contribution in [0, 0.1) is 11.3 Å². The van der Waals surface area contributed by atoms with Crippen LogP contribution in [0.3, 0.4) is 0 Å². The van der Waals surface area contributed by atoms with Gasteiger partial charge in [0.1, 0.15) is 6.07 Å². The average molecular weight is 232 g/mol. The Balaban J connectivity index is 2.32. The Morgan fingerprint density at radius 2 is 2.18 bits per heavy atom. The molecule has 5 heteroatoms. The first kappa shape index (κ1) is 11.8. The summed E-state index contributed by atoms with van der Waals surface area (Å²) in [6.07, 6.45) is 7.40. The summed E-state index contributed by atoms with van der Waals surface area (Å²) < 4.78 is 0. The zero-order chi connectivity index (χ0) is 12.1. The molecule has 0 amide bonds. The van der Waals surface area contributed by atoms with Crippen LogP contribution in [0.4, 0.5) is 5.82 Å². The van der Waals surface area contributed by atoms with E-state index in [4.69, 9.17) is 5.26 Å². The van der Waals surface area contributed by atoms with Crippen LogP contribution >= 0.6 is 0 Å². The fraction of sp³-hybridized carbons (Fsp3) is 0.583. The van der Waals surface area contributed by atoms with E-state index >= 15 is 0 Å². The minimum absolute atomic E-state index is 0.0568. The molecule has 1 aliphatic rings. The van der Waals surface area contributed by atoms with Gasteiger partial charge < -0.3 is 10.0 Å². The molecule has 1 aromatic rings. The fourth-order valence-electron chi connectivity index (χ4n) is 2.27. The van der Waals surface area contributed by atoms with Gasteiger partial charge in [0.2, 0.25) is 0 Å².